The van der Waals surface area contributed by atoms with Gasteiger partial charge in [-0.3, -0.25) is 0 Å². The molecular formula is C16H12Cl2N6S. The number of fused-ring (bicyclic) bond motifs is 1. The molecule has 2 N–H and O–H groups in total. The number of rotatable bonds is 2. The molecule has 1 aromatic carbocycles. The Morgan fingerprint density at radius 1 is 1.16 bits per heavy atom. The van der Waals surface area contributed by atoms with Crippen LogP contribution in [-0.2, 0) is 0 Å². The number of nitrogens with two attached hydrogens (primary N) is 1. The third-order valence-corrected chi connectivity index (χ3v) is 5.47. The molecule has 0 unspecified atom stereocenters. The van der Waals surface area contributed by atoms with E-state index in [0.29, 0.717) is 27.2 Å². The second kappa shape index (κ2) is 5.94. The average molecular weight is 391 g/mol. The highest BCUT2D eigenvalue weighted by Crippen LogP contribution is 2.41. The van der Waals surface area contributed by atoms with Crippen LogP contribution in [0.1, 0.15) is 11.3 Å². The lowest BCUT2D eigenvalue weighted by Gasteiger charge is -2.06. The minimum atomic E-state index is 0.450. The third-order valence-electron chi connectivity index (χ3n) is 3.83. The largest absolute Gasteiger partial charge is 0.397 e. The van der Waals surface area contributed by atoms with E-state index in [0.717, 1.165) is 26.4 Å². The Morgan fingerprint density at radius 3 is 2.72 bits per heavy atom. The van der Waals surface area contributed by atoms with Crippen LogP contribution >= 0.6 is 34.5 Å². The Morgan fingerprint density at radius 2 is 1.96 bits per heavy atom. The van der Waals surface area contributed by atoms with Crippen molar-refractivity contribution in [1.82, 2.24) is 25.2 Å². The summed E-state index contributed by atoms with van der Waals surface area (Å²) in [6.07, 6.45) is 0. The fourth-order valence-electron chi connectivity index (χ4n) is 2.78. The van der Waals surface area contributed by atoms with Gasteiger partial charge in [-0.15, -0.1) is 16.4 Å². The zero-order valence-electron chi connectivity index (χ0n) is 13.3. The van der Waals surface area contributed by atoms with Crippen molar-refractivity contribution in [2.24, 2.45) is 0 Å². The molecule has 0 radical (unpaired) electrons. The van der Waals surface area contributed by atoms with Crippen molar-refractivity contribution in [2.45, 2.75) is 13.8 Å². The number of pyridine rings is 1. The lowest BCUT2D eigenvalue weighted by Crippen LogP contribution is -2.01. The summed E-state index contributed by atoms with van der Waals surface area (Å²) in [5, 5.41) is 13.9. The van der Waals surface area contributed by atoms with Crippen molar-refractivity contribution in [3.05, 3.63) is 45.6 Å². The quantitative estimate of drug-likeness (QED) is 0.546. The van der Waals surface area contributed by atoms with Crippen molar-refractivity contribution in [3.8, 4) is 16.4 Å². The van der Waals surface area contributed by atoms with E-state index >= 15 is 0 Å². The van der Waals surface area contributed by atoms with Crippen LogP contribution in [0.3, 0.4) is 0 Å². The lowest BCUT2D eigenvalue weighted by atomic mass is 10.1. The molecule has 126 valence electrons. The van der Waals surface area contributed by atoms with Crippen LogP contribution < -0.4 is 5.73 Å². The van der Waals surface area contributed by atoms with Crippen LogP contribution in [-0.4, -0.2) is 25.2 Å². The molecule has 0 aliphatic heterocycles. The molecule has 6 nitrogen and oxygen atoms in total. The zero-order valence-corrected chi connectivity index (χ0v) is 15.6. The Balaban J connectivity index is 1.96. The van der Waals surface area contributed by atoms with Gasteiger partial charge in [0.15, 0.2) is 5.82 Å². The molecule has 3 aromatic heterocycles. The molecule has 9 heteroatoms. The van der Waals surface area contributed by atoms with E-state index in [-0.39, 0.29) is 0 Å². The van der Waals surface area contributed by atoms with Gasteiger partial charge in [-0.2, -0.15) is 4.68 Å². The van der Waals surface area contributed by atoms with E-state index in [2.05, 4.69) is 20.5 Å². The highest BCUT2D eigenvalue weighted by molar-refractivity contribution is 7.22. The molecule has 25 heavy (non-hydrogen) atoms. The van der Waals surface area contributed by atoms with Crippen molar-refractivity contribution < 1.29 is 0 Å². The lowest BCUT2D eigenvalue weighted by molar-refractivity contribution is 0.792. The Hall–Kier alpha value is -2.22. The maximum absolute atomic E-state index is 6.40. The minimum Gasteiger partial charge on any atom is -0.397 e. The van der Waals surface area contributed by atoms with E-state index in [9.17, 15) is 0 Å². The Bertz CT molecular complexity index is 1120. The van der Waals surface area contributed by atoms with Gasteiger partial charge in [0.1, 0.15) is 4.83 Å². The molecule has 0 saturated carbocycles. The first-order valence-corrected chi connectivity index (χ1v) is 8.93. The smallest absolute Gasteiger partial charge is 0.199 e. The summed E-state index contributed by atoms with van der Waals surface area (Å²) in [6, 6.07) is 7.15. The summed E-state index contributed by atoms with van der Waals surface area (Å²) in [7, 11) is 0. The SMILES string of the molecule is Cc1cc(C)c2c(N)c(-c3nnnn3-c3ccc(Cl)cc3Cl)sc2n1. The van der Waals surface area contributed by atoms with Gasteiger partial charge in [-0.25, -0.2) is 4.98 Å². The number of nitrogens with zero attached hydrogens (tertiary/aromatic N) is 5. The van der Waals surface area contributed by atoms with Crippen LogP contribution in [0.5, 0.6) is 0 Å². The van der Waals surface area contributed by atoms with Gasteiger partial charge in [0.05, 0.1) is 21.3 Å². The van der Waals surface area contributed by atoms with Gasteiger partial charge in [-0.1, -0.05) is 23.2 Å². The van der Waals surface area contributed by atoms with Crippen LogP contribution in [0.25, 0.3) is 26.6 Å². The van der Waals surface area contributed by atoms with Gasteiger partial charge in [0, 0.05) is 16.1 Å². The van der Waals surface area contributed by atoms with E-state index < -0.39 is 0 Å². The maximum atomic E-state index is 6.40. The molecule has 0 bridgehead atoms. The molecule has 0 fully saturated rings. The van der Waals surface area contributed by atoms with Crippen LogP contribution in [0.2, 0.25) is 10.0 Å². The summed E-state index contributed by atoms with van der Waals surface area (Å²) in [5.41, 5.74) is 9.66. The van der Waals surface area contributed by atoms with E-state index in [1.54, 1.807) is 22.9 Å². The topological polar surface area (TPSA) is 82.5 Å². The number of anilines is 1. The van der Waals surface area contributed by atoms with Crippen LogP contribution in [0.4, 0.5) is 5.69 Å². The van der Waals surface area contributed by atoms with Gasteiger partial charge in [-0.05, 0) is 54.1 Å². The standard InChI is InChI=1S/C16H12Cl2N6S/c1-7-5-8(2)20-16-12(7)13(19)14(25-16)15-21-22-23-24(15)11-4-3-9(17)6-10(11)18/h3-6H,19H2,1-2H3. The Kier molecular flexibility index (Phi) is 3.87. The fraction of sp³-hybridized carbons (Fsp3) is 0.125. The third kappa shape index (κ3) is 2.64. The first kappa shape index (κ1) is 16.3. The fourth-order valence-corrected chi connectivity index (χ4v) is 4.45. The molecule has 3 heterocycles. The molecule has 0 spiro atoms. The molecule has 0 aliphatic rings. The average Bonchev–Trinajstić information content (AvgIpc) is 3.12. The van der Waals surface area contributed by atoms with Crippen molar-refractivity contribution in [2.75, 3.05) is 5.73 Å². The number of benzene rings is 1. The van der Waals surface area contributed by atoms with E-state index in [1.807, 2.05) is 19.9 Å². The second-order valence-electron chi connectivity index (χ2n) is 5.62. The molecule has 0 atom stereocenters. The van der Waals surface area contributed by atoms with Gasteiger partial charge >= 0.3 is 0 Å². The zero-order chi connectivity index (χ0) is 17.7. The number of hydrogen-bond acceptors (Lipinski definition) is 6. The summed E-state index contributed by atoms with van der Waals surface area (Å²) in [6.45, 7) is 3.97. The first-order chi connectivity index (χ1) is 12.0. The molecule has 0 amide bonds. The molecule has 4 aromatic rings. The van der Waals surface area contributed by atoms with E-state index in [4.69, 9.17) is 28.9 Å². The maximum Gasteiger partial charge on any atom is 0.199 e. The predicted molar refractivity (Wildman–Crippen MR) is 102 cm³/mol. The number of hydrogen-bond donors (Lipinski definition) is 1. The summed E-state index contributed by atoms with van der Waals surface area (Å²) in [5.74, 6) is 0.516. The predicted octanol–water partition coefficient (Wildman–Crippen LogP) is 4.44. The summed E-state index contributed by atoms with van der Waals surface area (Å²) in [4.78, 5) is 6.20. The normalized spacial score (nSPS) is 11.4. The van der Waals surface area contributed by atoms with Crippen molar-refractivity contribution >= 4 is 50.4 Å². The number of aryl methyl sites for hydroxylation is 2. The minimum absolute atomic E-state index is 0.450. The second-order valence-corrected chi connectivity index (χ2v) is 7.46. The Labute approximate surface area is 157 Å². The highest BCUT2D eigenvalue weighted by Gasteiger charge is 2.21. The van der Waals surface area contributed by atoms with E-state index in [1.165, 1.54) is 11.3 Å². The highest BCUT2D eigenvalue weighted by atomic mass is 35.5. The van der Waals surface area contributed by atoms with Crippen LogP contribution in [0.15, 0.2) is 24.3 Å². The monoisotopic (exact) mass is 390 g/mol. The molecule has 0 saturated heterocycles. The van der Waals surface area contributed by atoms with Gasteiger partial charge < -0.3 is 5.73 Å². The number of aromatic nitrogens is 5. The molecular weight excluding hydrogens is 379 g/mol. The summed E-state index contributed by atoms with van der Waals surface area (Å²) >= 11 is 13.7. The summed E-state index contributed by atoms with van der Waals surface area (Å²) < 4.78 is 1.56. The van der Waals surface area contributed by atoms with Crippen molar-refractivity contribution in [1.29, 1.82) is 0 Å². The van der Waals surface area contributed by atoms with Gasteiger partial charge in [0.25, 0.3) is 0 Å². The number of thiophene rings is 1. The molecule has 4 rings (SSSR count). The molecule has 0 aliphatic carbocycles. The number of tetrazole rings is 1. The van der Waals surface area contributed by atoms with Gasteiger partial charge in [0.2, 0.25) is 0 Å². The van der Waals surface area contributed by atoms with Crippen molar-refractivity contribution in [3.63, 3.8) is 0 Å². The first-order valence-electron chi connectivity index (χ1n) is 7.36. The van der Waals surface area contributed by atoms with Crippen LogP contribution in [0, 0.1) is 13.8 Å². The number of nitrogen functional groups attached to an aromatic ring is 1. The number of halogens is 2.